The summed E-state index contributed by atoms with van der Waals surface area (Å²) in [6.45, 7) is 5.01. The summed E-state index contributed by atoms with van der Waals surface area (Å²) in [5.74, 6) is 0. The number of furan rings is 1. The molecule has 0 fully saturated rings. The van der Waals surface area contributed by atoms with Gasteiger partial charge < -0.3 is 4.42 Å². The van der Waals surface area contributed by atoms with Crippen LogP contribution in [0.3, 0.4) is 0 Å². The lowest BCUT2D eigenvalue weighted by Crippen LogP contribution is -2.36. The molecule has 134 valence electrons. The first-order valence-electron chi connectivity index (χ1n) is 10.8. The van der Waals surface area contributed by atoms with E-state index in [0.29, 0.717) is 33.7 Å². The van der Waals surface area contributed by atoms with Gasteiger partial charge in [0.2, 0.25) is 5.69 Å². The van der Waals surface area contributed by atoms with E-state index in [1.165, 1.54) is 0 Å². The topological polar surface area (TPSA) is 40.8 Å². The highest BCUT2D eigenvalue weighted by atomic mass is 16.3. The van der Waals surface area contributed by atoms with Crippen molar-refractivity contribution in [1.82, 2.24) is 0 Å². The van der Waals surface area contributed by atoms with Gasteiger partial charge in [-0.3, -0.25) is 0 Å². The highest BCUT2D eigenvalue weighted by Crippen LogP contribution is 2.39. The van der Waals surface area contributed by atoms with Crippen molar-refractivity contribution in [2.24, 2.45) is 7.05 Å². The molecule has 0 saturated heterocycles. The van der Waals surface area contributed by atoms with Gasteiger partial charge in [-0.15, -0.1) is 0 Å². The Morgan fingerprint density at radius 2 is 1.93 bits per heavy atom. The van der Waals surface area contributed by atoms with Crippen molar-refractivity contribution in [2.75, 3.05) is 0 Å². The average molecular weight is 359 g/mol. The van der Waals surface area contributed by atoms with E-state index in [4.69, 9.17) is 9.90 Å². The zero-order valence-corrected chi connectivity index (χ0v) is 16.1. The summed E-state index contributed by atoms with van der Waals surface area (Å²) in [7, 11) is 1.78. The van der Waals surface area contributed by atoms with Crippen LogP contribution in [0.15, 0.2) is 34.7 Å². The van der Waals surface area contributed by atoms with E-state index in [1.807, 2.05) is 38.1 Å². The van der Waals surface area contributed by atoms with Crippen LogP contribution in [-0.2, 0) is 7.05 Å². The van der Waals surface area contributed by atoms with Crippen LogP contribution >= 0.6 is 0 Å². The largest absolute Gasteiger partial charge is 0.455 e. The van der Waals surface area contributed by atoms with Gasteiger partial charge in [-0.05, 0) is 56.4 Å². The van der Waals surface area contributed by atoms with Crippen molar-refractivity contribution in [2.45, 2.75) is 34.5 Å². The number of hydrogen-bond acceptors (Lipinski definition) is 2. The minimum atomic E-state index is -2.31. The maximum Gasteiger partial charge on any atom is 0.216 e. The van der Waals surface area contributed by atoms with Gasteiger partial charge in [-0.25, -0.2) is 0 Å². The molecule has 0 atom stereocenters. The number of rotatable bonds is 1. The van der Waals surface area contributed by atoms with Crippen molar-refractivity contribution >= 4 is 21.9 Å². The zero-order valence-electron chi connectivity index (χ0n) is 20.1. The van der Waals surface area contributed by atoms with Crippen molar-refractivity contribution < 1.29 is 14.5 Å². The second-order valence-electron chi connectivity index (χ2n) is 7.15. The molecule has 0 aliphatic carbocycles. The van der Waals surface area contributed by atoms with Gasteiger partial charge in [0.25, 0.3) is 0 Å². The van der Waals surface area contributed by atoms with E-state index in [9.17, 15) is 5.26 Å². The molecule has 0 radical (unpaired) electrons. The summed E-state index contributed by atoms with van der Waals surface area (Å²) in [6, 6.07) is 10.1. The van der Waals surface area contributed by atoms with Gasteiger partial charge in [-0.2, -0.15) is 9.83 Å². The maximum absolute atomic E-state index is 9.67. The molecule has 0 bridgehead atoms. The monoisotopic (exact) mass is 359 g/mol. The van der Waals surface area contributed by atoms with Crippen LogP contribution in [0, 0.1) is 45.9 Å². The van der Waals surface area contributed by atoms with Gasteiger partial charge in [-0.1, -0.05) is 12.1 Å². The Morgan fingerprint density at radius 1 is 1.15 bits per heavy atom. The van der Waals surface area contributed by atoms with Crippen LogP contribution in [0.5, 0.6) is 0 Å². The summed E-state index contributed by atoms with van der Waals surface area (Å²) < 4.78 is 40.6. The molecule has 0 saturated carbocycles. The zero-order chi connectivity index (χ0) is 22.8. The number of nitriles is 1. The predicted molar refractivity (Wildman–Crippen MR) is 109 cm³/mol. The summed E-state index contributed by atoms with van der Waals surface area (Å²) in [5.41, 5.74) is 6.18. The Morgan fingerprint density at radius 3 is 2.63 bits per heavy atom. The normalized spacial score (nSPS) is 13.9. The van der Waals surface area contributed by atoms with Crippen LogP contribution in [0.1, 0.15) is 39.0 Å². The van der Waals surface area contributed by atoms with Crippen LogP contribution in [-0.4, -0.2) is 0 Å². The Labute approximate surface area is 165 Å². The summed E-state index contributed by atoms with van der Waals surface area (Å²) in [6.07, 6.45) is 0. The second-order valence-corrected chi connectivity index (χ2v) is 7.15. The summed E-state index contributed by atoms with van der Waals surface area (Å²) in [4.78, 5) is 0. The quantitative estimate of drug-likeness (QED) is 0.422. The first kappa shape index (κ1) is 13.1. The molecular weight excluding hydrogens is 332 g/mol. The Balaban J connectivity index is 2.19. The minimum Gasteiger partial charge on any atom is -0.455 e. The molecule has 0 aliphatic heterocycles. The number of fused-ring (bicyclic) bond motifs is 3. The van der Waals surface area contributed by atoms with Gasteiger partial charge in [0.1, 0.15) is 18.2 Å². The van der Waals surface area contributed by atoms with Gasteiger partial charge in [0.15, 0.2) is 5.69 Å². The first-order chi connectivity index (χ1) is 14.5. The number of pyridine rings is 1. The molecule has 2 aromatic carbocycles. The first-order valence-corrected chi connectivity index (χ1v) is 8.84. The predicted octanol–water partition coefficient (Wildman–Crippen LogP) is 5.49. The molecule has 4 aromatic rings. The Kier molecular flexibility index (Phi) is 2.89. The van der Waals surface area contributed by atoms with Crippen LogP contribution in [0.4, 0.5) is 0 Å². The van der Waals surface area contributed by atoms with Gasteiger partial charge in [0.05, 0.1) is 18.6 Å². The van der Waals surface area contributed by atoms with Crippen LogP contribution in [0.25, 0.3) is 33.2 Å². The summed E-state index contributed by atoms with van der Waals surface area (Å²) >= 11 is 0. The van der Waals surface area contributed by atoms with Gasteiger partial charge >= 0.3 is 0 Å². The standard InChI is InChI=1S/C24H23N2O/c1-13-9-18(12-25)23-19-8-7-14(2)22(24(19)27-21(23)10-13)20-11-15(3)16(4)17(5)26(20)6/h7-11H,1-6H3/q+1/i4D3,11D. The molecule has 3 nitrogen and oxygen atoms in total. The fourth-order valence-corrected chi connectivity index (χ4v) is 3.75. The highest BCUT2D eigenvalue weighted by molar-refractivity contribution is 6.12. The third-order valence-corrected chi connectivity index (χ3v) is 5.33. The smallest absolute Gasteiger partial charge is 0.216 e. The lowest BCUT2D eigenvalue weighted by molar-refractivity contribution is -0.667. The fraction of sp³-hybridized carbons (Fsp3) is 0.250. The molecule has 4 rings (SSSR count). The van der Waals surface area contributed by atoms with Crippen molar-refractivity contribution in [1.29, 1.82) is 5.26 Å². The Bertz CT molecular complexity index is 1410. The molecule has 2 heterocycles. The number of nitrogens with zero attached hydrogens (tertiary/aromatic N) is 2. The van der Waals surface area contributed by atoms with E-state index < -0.39 is 6.85 Å². The number of aromatic nitrogens is 1. The van der Waals surface area contributed by atoms with Gasteiger partial charge in [0, 0.05) is 33.4 Å². The summed E-state index contributed by atoms with van der Waals surface area (Å²) in [5, 5.41) is 11.2. The molecule has 0 unspecified atom stereocenters. The minimum absolute atomic E-state index is 0.159. The van der Waals surface area contributed by atoms with E-state index in [1.54, 1.807) is 25.5 Å². The fourth-order valence-electron chi connectivity index (χ4n) is 3.75. The van der Waals surface area contributed by atoms with Crippen molar-refractivity contribution in [3.05, 3.63) is 63.8 Å². The van der Waals surface area contributed by atoms with E-state index >= 15 is 0 Å². The lowest BCUT2D eigenvalue weighted by Gasteiger charge is -2.10. The Hall–Kier alpha value is -3.12. The maximum atomic E-state index is 9.67. The number of aryl methyl sites for hydroxylation is 2. The molecule has 0 spiro atoms. The van der Waals surface area contributed by atoms with Crippen molar-refractivity contribution in [3.63, 3.8) is 0 Å². The molecular formula is C24H23N2O+. The molecule has 27 heavy (non-hydrogen) atoms. The van der Waals surface area contributed by atoms with E-state index in [-0.39, 0.29) is 11.6 Å². The molecule has 0 N–H and O–H groups in total. The molecule has 3 heteroatoms. The van der Waals surface area contributed by atoms with E-state index in [0.717, 1.165) is 27.5 Å². The molecule has 0 amide bonds. The highest BCUT2D eigenvalue weighted by Gasteiger charge is 2.24. The number of benzene rings is 2. The van der Waals surface area contributed by atoms with E-state index in [2.05, 4.69) is 6.07 Å². The molecule has 0 aliphatic rings. The third kappa shape index (κ3) is 2.44. The second kappa shape index (κ2) is 5.96. The SMILES string of the molecule is [2H]c1c(C)c(C([2H])([2H])[2H])c(C)[n+](C)c1-c1c(C)ccc2c1oc1cc(C)cc(C#N)c12. The number of hydrogen-bond donors (Lipinski definition) is 0. The third-order valence-electron chi connectivity index (χ3n) is 5.33. The average Bonchev–Trinajstić information content (AvgIpc) is 3.04. The van der Waals surface area contributed by atoms with Crippen LogP contribution in [0.2, 0.25) is 0 Å². The molecule has 2 aromatic heterocycles. The van der Waals surface area contributed by atoms with Crippen molar-refractivity contribution in [3.8, 4) is 17.3 Å². The lowest BCUT2D eigenvalue weighted by atomic mass is 9.97. The van der Waals surface area contributed by atoms with Crippen LogP contribution < -0.4 is 4.57 Å².